The van der Waals surface area contributed by atoms with E-state index in [1.807, 2.05) is 0 Å². The summed E-state index contributed by atoms with van der Waals surface area (Å²) in [6.07, 6.45) is 10.2. The molecular weight excluding hydrogens is 254 g/mol. The van der Waals surface area contributed by atoms with Gasteiger partial charge in [-0.15, -0.1) is 0 Å². The second kappa shape index (κ2) is 7.18. The lowest BCUT2D eigenvalue weighted by Gasteiger charge is -2.21. The van der Waals surface area contributed by atoms with Crippen molar-refractivity contribution in [2.75, 3.05) is 13.1 Å². The van der Waals surface area contributed by atoms with E-state index in [2.05, 4.69) is 15.5 Å². The summed E-state index contributed by atoms with van der Waals surface area (Å²) in [6.45, 7) is 2.55. The maximum Gasteiger partial charge on any atom is 0.252 e. The van der Waals surface area contributed by atoms with Crippen molar-refractivity contribution in [3.63, 3.8) is 0 Å². The first kappa shape index (κ1) is 14.0. The quantitative estimate of drug-likeness (QED) is 0.859. The zero-order chi connectivity index (χ0) is 13.6. The van der Waals surface area contributed by atoms with Gasteiger partial charge in [-0.3, -0.25) is 0 Å². The van der Waals surface area contributed by atoms with Crippen LogP contribution >= 0.6 is 0 Å². The minimum absolute atomic E-state index is 0.337. The van der Waals surface area contributed by atoms with Gasteiger partial charge in [-0.25, -0.2) is 0 Å². The number of hydrogen-bond donors (Lipinski definition) is 1. The molecule has 1 aromatic heterocycles. The lowest BCUT2D eigenvalue weighted by Crippen LogP contribution is -2.32. The second-order valence-corrected chi connectivity index (χ2v) is 6.00. The van der Waals surface area contributed by atoms with Crippen LogP contribution in [0, 0.1) is 0 Å². The van der Waals surface area contributed by atoms with Gasteiger partial charge in [0.25, 0.3) is 5.89 Å². The monoisotopic (exact) mass is 279 g/mol. The van der Waals surface area contributed by atoms with E-state index in [1.54, 1.807) is 0 Å². The van der Waals surface area contributed by atoms with Crippen molar-refractivity contribution in [1.29, 1.82) is 0 Å². The summed E-state index contributed by atoms with van der Waals surface area (Å²) in [6, 6.07) is 0. The van der Waals surface area contributed by atoms with Crippen LogP contribution in [0.15, 0.2) is 4.52 Å². The molecule has 0 aromatic carbocycles. The van der Waals surface area contributed by atoms with Crippen LogP contribution in [0.5, 0.6) is 0 Å². The maximum absolute atomic E-state index is 5.86. The Labute approximate surface area is 120 Å². The lowest BCUT2D eigenvalue weighted by molar-refractivity contribution is 0.00859. The predicted octanol–water partition coefficient (Wildman–Crippen LogP) is 2.78. The molecule has 1 saturated heterocycles. The Morgan fingerprint density at radius 2 is 1.80 bits per heavy atom. The predicted molar refractivity (Wildman–Crippen MR) is 75.4 cm³/mol. The lowest BCUT2D eigenvalue weighted by atomic mass is 10.00. The summed E-state index contributed by atoms with van der Waals surface area (Å²) < 4.78 is 11.2. The zero-order valence-electron chi connectivity index (χ0n) is 12.1. The molecule has 2 fully saturated rings. The van der Waals surface area contributed by atoms with E-state index in [4.69, 9.17) is 9.26 Å². The fourth-order valence-electron chi connectivity index (χ4n) is 3.18. The van der Waals surface area contributed by atoms with Gasteiger partial charge >= 0.3 is 0 Å². The van der Waals surface area contributed by atoms with Crippen LogP contribution in [0.25, 0.3) is 0 Å². The number of nitrogens with one attached hydrogen (secondary N) is 1. The first-order chi connectivity index (χ1) is 9.92. The number of piperidine rings is 1. The van der Waals surface area contributed by atoms with Crippen LogP contribution in [-0.2, 0) is 11.3 Å². The smallest absolute Gasteiger partial charge is 0.252 e. The molecule has 0 bridgehead atoms. The largest absolute Gasteiger partial charge is 0.368 e. The molecular formula is C15H25N3O2. The highest BCUT2D eigenvalue weighted by Crippen LogP contribution is 2.29. The first-order valence-corrected chi connectivity index (χ1v) is 8.06. The van der Waals surface area contributed by atoms with E-state index in [0.29, 0.717) is 24.5 Å². The van der Waals surface area contributed by atoms with E-state index in [1.165, 1.54) is 38.5 Å². The van der Waals surface area contributed by atoms with Gasteiger partial charge in [0.1, 0.15) is 6.61 Å². The summed E-state index contributed by atoms with van der Waals surface area (Å²) in [4.78, 5) is 4.54. The van der Waals surface area contributed by atoms with Crippen LogP contribution in [-0.4, -0.2) is 29.3 Å². The van der Waals surface area contributed by atoms with Crippen molar-refractivity contribution in [3.05, 3.63) is 11.7 Å². The summed E-state index contributed by atoms with van der Waals surface area (Å²) in [7, 11) is 0. The average Bonchev–Trinajstić information content (AvgIpc) is 2.80. The summed E-state index contributed by atoms with van der Waals surface area (Å²) >= 11 is 0. The summed E-state index contributed by atoms with van der Waals surface area (Å²) in [5.41, 5.74) is 0. The summed E-state index contributed by atoms with van der Waals surface area (Å²) in [5, 5.41) is 7.50. The molecule has 5 heteroatoms. The van der Waals surface area contributed by atoms with Crippen molar-refractivity contribution in [2.24, 2.45) is 0 Å². The van der Waals surface area contributed by atoms with Crippen LogP contribution in [0.4, 0.5) is 0 Å². The molecule has 112 valence electrons. The molecule has 0 radical (unpaired) electrons. The van der Waals surface area contributed by atoms with Crippen molar-refractivity contribution in [1.82, 2.24) is 15.5 Å². The van der Waals surface area contributed by atoms with E-state index >= 15 is 0 Å². The Kier molecular flexibility index (Phi) is 5.03. The topological polar surface area (TPSA) is 60.2 Å². The van der Waals surface area contributed by atoms with Crippen LogP contribution in [0.3, 0.4) is 0 Å². The van der Waals surface area contributed by atoms with Crippen molar-refractivity contribution < 1.29 is 9.26 Å². The highest BCUT2D eigenvalue weighted by Gasteiger charge is 2.21. The Morgan fingerprint density at radius 1 is 1.05 bits per heavy atom. The molecule has 0 atom stereocenters. The average molecular weight is 279 g/mol. The molecule has 0 spiro atoms. The molecule has 2 aliphatic rings. The van der Waals surface area contributed by atoms with Gasteiger partial charge in [0.2, 0.25) is 0 Å². The normalized spacial score (nSPS) is 22.8. The van der Waals surface area contributed by atoms with Gasteiger partial charge in [0.05, 0.1) is 6.10 Å². The molecule has 1 aromatic rings. The minimum atomic E-state index is 0.337. The number of ether oxygens (including phenoxy) is 1. The molecule has 3 rings (SSSR count). The van der Waals surface area contributed by atoms with Gasteiger partial charge in [0.15, 0.2) is 5.82 Å². The SMILES string of the molecule is C1CCCC(c2noc(COC3CCNCC3)n2)CC1. The number of nitrogens with zero attached hydrogens (tertiary/aromatic N) is 2. The third-order valence-corrected chi connectivity index (χ3v) is 4.43. The molecule has 1 saturated carbocycles. The molecule has 1 aliphatic carbocycles. The maximum atomic E-state index is 5.86. The van der Waals surface area contributed by atoms with Gasteiger partial charge in [0, 0.05) is 5.92 Å². The van der Waals surface area contributed by atoms with Gasteiger partial charge in [-0.1, -0.05) is 30.8 Å². The van der Waals surface area contributed by atoms with Gasteiger partial charge in [-0.05, 0) is 38.8 Å². The fourth-order valence-corrected chi connectivity index (χ4v) is 3.18. The van der Waals surface area contributed by atoms with Crippen LogP contribution in [0.2, 0.25) is 0 Å². The van der Waals surface area contributed by atoms with Crippen LogP contribution < -0.4 is 5.32 Å². The molecule has 0 amide bonds. The van der Waals surface area contributed by atoms with E-state index in [9.17, 15) is 0 Å². The molecule has 20 heavy (non-hydrogen) atoms. The molecule has 5 nitrogen and oxygen atoms in total. The zero-order valence-corrected chi connectivity index (χ0v) is 12.1. The highest BCUT2D eigenvalue weighted by atomic mass is 16.5. The van der Waals surface area contributed by atoms with Crippen molar-refractivity contribution in [2.45, 2.75) is 70.0 Å². The molecule has 0 unspecified atom stereocenters. The van der Waals surface area contributed by atoms with Gasteiger partial charge in [-0.2, -0.15) is 4.98 Å². The highest BCUT2D eigenvalue weighted by molar-refractivity contribution is 4.95. The van der Waals surface area contributed by atoms with E-state index in [0.717, 1.165) is 31.8 Å². The number of rotatable bonds is 4. The Morgan fingerprint density at radius 3 is 2.55 bits per heavy atom. The third kappa shape index (κ3) is 3.79. The van der Waals surface area contributed by atoms with Gasteiger partial charge < -0.3 is 14.6 Å². The Bertz CT molecular complexity index is 394. The number of aromatic nitrogens is 2. The second-order valence-electron chi connectivity index (χ2n) is 6.00. The first-order valence-electron chi connectivity index (χ1n) is 8.06. The summed E-state index contributed by atoms with van der Waals surface area (Å²) in [5.74, 6) is 2.03. The number of hydrogen-bond acceptors (Lipinski definition) is 5. The van der Waals surface area contributed by atoms with Crippen molar-refractivity contribution >= 4 is 0 Å². The third-order valence-electron chi connectivity index (χ3n) is 4.43. The van der Waals surface area contributed by atoms with Crippen molar-refractivity contribution in [3.8, 4) is 0 Å². The fraction of sp³-hybridized carbons (Fsp3) is 0.867. The Balaban J connectivity index is 1.50. The standard InChI is InChI=1S/C15H25N3O2/c1-2-4-6-12(5-3-1)15-17-14(20-18-15)11-19-13-7-9-16-10-8-13/h12-13,16H,1-11H2. The van der Waals surface area contributed by atoms with Crippen LogP contribution in [0.1, 0.15) is 69.0 Å². The molecule has 2 heterocycles. The Hall–Kier alpha value is -0.940. The molecule has 1 aliphatic heterocycles. The molecule has 1 N–H and O–H groups in total. The van der Waals surface area contributed by atoms with E-state index in [-0.39, 0.29) is 0 Å². The minimum Gasteiger partial charge on any atom is -0.368 e. The van der Waals surface area contributed by atoms with E-state index < -0.39 is 0 Å².